The van der Waals surface area contributed by atoms with Gasteiger partial charge in [0.25, 0.3) is 0 Å². The Kier molecular flexibility index (Phi) is 6.30. The van der Waals surface area contributed by atoms with E-state index in [-0.39, 0.29) is 12.2 Å². The Morgan fingerprint density at radius 1 is 1.04 bits per heavy atom. The molecule has 0 aliphatic carbocycles. The minimum Gasteiger partial charge on any atom is -0.494 e. The van der Waals surface area contributed by atoms with Crippen LogP contribution in [0.2, 0.25) is 0 Å². The second kappa shape index (κ2) is 8.87. The lowest BCUT2D eigenvalue weighted by Crippen LogP contribution is -2.05. The average molecular weight is 419 g/mol. The first-order valence-electron chi connectivity index (χ1n) is 8.19. The third-order valence-electron chi connectivity index (χ3n) is 3.80. The molecule has 0 spiro atoms. The number of rotatable bonds is 8. The SMILES string of the molecule is COCOc1ccc2c(=O)c(-c3ccc(OCCCBr)cc3)coc2c1. The Bertz CT molecular complexity index is 918. The molecule has 0 unspecified atom stereocenters. The molecule has 0 aliphatic rings. The van der Waals surface area contributed by atoms with Gasteiger partial charge in [-0.15, -0.1) is 0 Å². The van der Waals surface area contributed by atoms with Crippen LogP contribution in [-0.2, 0) is 4.74 Å². The molecule has 0 N–H and O–H groups in total. The van der Waals surface area contributed by atoms with E-state index in [1.165, 1.54) is 6.26 Å². The Morgan fingerprint density at radius 2 is 1.81 bits per heavy atom. The van der Waals surface area contributed by atoms with E-state index in [1.54, 1.807) is 25.3 Å². The van der Waals surface area contributed by atoms with Crippen molar-refractivity contribution in [2.45, 2.75) is 6.42 Å². The van der Waals surface area contributed by atoms with E-state index in [4.69, 9.17) is 18.6 Å². The fourth-order valence-electron chi connectivity index (χ4n) is 2.50. The van der Waals surface area contributed by atoms with Crippen molar-refractivity contribution in [3.05, 3.63) is 59.0 Å². The van der Waals surface area contributed by atoms with E-state index in [2.05, 4.69) is 15.9 Å². The lowest BCUT2D eigenvalue weighted by atomic mass is 10.1. The van der Waals surface area contributed by atoms with Crippen molar-refractivity contribution >= 4 is 26.9 Å². The first-order chi connectivity index (χ1) is 12.7. The zero-order valence-corrected chi connectivity index (χ0v) is 16.0. The summed E-state index contributed by atoms with van der Waals surface area (Å²) in [5.74, 6) is 1.36. The molecule has 1 heterocycles. The zero-order valence-electron chi connectivity index (χ0n) is 14.4. The predicted molar refractivity (Wildman–Crippen MR) is 104 cm³/mol. The van der Waals surface area contributed by atoms with Crippen LogP contribution in [0.25, 0.3) is 22.1 Å². The fraction of sp³-hybridized carbons (Fsp3) is 0.250. The van der Waals surface area contributed by atoms with Crippen molar-refractivity contribution in [1.29, 1.82) is 0 Å². The molecule has 0 aliphatic heterocycles. The van der Waals surface area contributed by atoms with Gasteiger partial charge in [-0.2, -0.15) is 0 Å². The quantitative estimate of drug-likeness (QED) is 0.303. The maximum Gasteiger partial charge on any atom is 0.200 e. The molecule has 2 aromatic carbocycles. The molecule has 0 amide bonds. The number of ether oxygens (including phenoxy) is 3. The molecule has 26 heavy (non-hydrogen) atoms. The molecule has 3 aromatic rings. The van der Waals surface area contributed by atoms with Crippen LogP contribution in [-0.4, -0.2) is 25.8 Å². The van der Waals surface area contributed by atoms with Gasteiger partial charge in [0, 0.05) is 18.5 Å². The number of alkyl halides is 1. The number of benzene rings is 2. The average Bonchev–Trinajstić information content (AvgIpc) is 2.67. The first kappa shape index (κ1) is 18.5. The highest BCUT2D eigenvalue weighted by molar-refractivity contribution is 9.09. The van der Waals surface area contributed by atoms with Crippen LogP contribution >= 0.6 is 15.9 Å². The molecule has 1 aromatic heterocycles. The van der Waals surface area contributed by atoms with Gasteiger partial charge >= 0.3 is 0 Å². The van der Waals surface area contributed by atoms with Crippen LogP contribution in [0.4, 0.5) is 0 Å². The highest BCUT2D eigenvalue weighted by Gasteiger charge is 2.10. The van der Waals surface area contributed by atoms with Crippen molar-refractivity contribution in [1.82, 2.24) is 0 Å². The molecular weight excluding hydrogens is 400 g/mol. The van der Waals surface area contributed by atoms with E-state index in [0.717, 1.165) is 23.1 Å². The molecule has 0 saturated heterocycles. The summed E-state index contributed by atoms with van der Waals surface area (Å²) < 4.78 is 21.5. The highest BCUT2D eigenvalue weighted by Crippen LogP contribution is 2.24. The van der Waals surface area contributed by atoms with E-state index >= 15 is 0 Å². The monoisotopic (exact) mass is 418 g/mol. The largest absolute Gasteiger partial charge is 0.494 e. The fourth-order valence-corrected chi connectivity index (χ4v) is 2.73. The van der Waals surface area contributed by atoms with Crippen molar-refractivity contribution in [3.63, 3.8) is 0 Å². The maximum absolute atomic E-state index is 12.8. The third-order valence-corrected chi connectivity index (χ3v) is 4.36. The maximum atomic E-state index is 12.8. The minimum atomic E-state index is -0.0856. The van der Waals surface area contributed by atoms with Gasteiger partial charge in [0.2, 0.25) is 0 Å². The van der Waals surface area contributed by atoms with E-state index in [0.29, 0.717) is 28.9 Å². The second-order valence-corrected chi connectivity index (χ2v) is 6.40. The summed E-state index contributed by atoms with van der Waals surface area (Å²) in [5.41, 5.74) is 1.68. The molecule has 3 rings (SSSR count). The summed E-state index contributed by atoms with van der Waals surface area (Å²) in [7, 11) is 1.55. The molecule has 0 atom stereocenters. The Morgan fingerprint density at radius 3 is 2.54 bits per heavy atom. The minimum absolute atomic E-state index is 0.0856. The summed E-state index contributed by atoms with van der Waals surface area (Å²) in [5, 5.41) is 1.41. The summed E-state index contributed by atoms with van der Waals surface area (Å²) in [4.78, 5) is 12.8. The number of methoxy groups -OCH3 is 1. The molecular formula is C20H19BrO5. The van der Waals surface area contributed by atoms with E-state index < -0.39 is 0 Å². The first-order valence-corrected chi connectivity index (χ1v) is 9.31. The van der Waals surface area contributed by atoms with Crippen molar-refractivity contribution < 1.29 is 18.6 Å². The number of halogens is 1. The highest BCUT2D eigenvalue weighted by atomic mass is 79.9. The van der Waals surface area contributed by atoms with Crippen LogP contribution < -0.4 is 14.9 Å². The second-order valence-electron chi connectivity index (χ2n) is 5.60. The molecule has 0 bridgehead atoms. The van der Waals surface area contributed by atoms with Crippen LogP contribution in [0, 0.1) is 0 Å². The van der Waals surface area contributed by atoms with Gasteiger partial charge in [0.05, 0.1) is 17.6 Å². The van der Waals surface area contributed by atoms with E-state index in [1.807, 2.05) is 24.3 Å². The van der Waals surface area contributed by atoms with Crippen LogP contribution in [0.3, 0.4) is 0 Å². The van der Waals surface area contributed by atoms with Gasteiger partial charge in [-0.25, -0.2) is 0 Å². The molecule has 6 heteroatoms. The van der Waals surface area contributed by atoms with Crippen molar-refractivity contribution in [3.8, 4) is 22.6 Å². The van der Waals surface area contributed by atoms with Crippen molar-refractivity contribution in [2.75, 3.05) is 25.8 Å². The summed E-state index contributed by atoms with van der Waals surface area (Å²) in [6, 6.07) is 12.5. The van der Waals surface area contributed by atoms with Crippen molar-refractivity contribution in [2.24, 2.45) is 0 Å². The standard InChI is InChI=1S/C20H19BrO5/c1-23-13-26-16-7-8-17-19(11-16)25-12-18(20(17)22)14-3-5-15(6-4-14)24-10-2-9-21/h3-8,11-12H,2,9-10,13H2,1H3. The smallest absolute Gasteiger partial charge is 0.200 e. The Hall–Kier alpha value is -2.31. The normalized spacial score (nSPS) is 10.8. The van der Waals surface area contributed by atoms with Gasteiger partial charge in [-0.05, 0) is 36.2 Å². The number of hydrogen-bond donors (Lipinski definition) is 0. The zero-order chi connectivity index (χ0) is 18.4. The van der Waals surface area contributed by atoms with Gasteiger partial charge in [-0.3, -0.25) is 4.79 Å². The topological polar surface area (TPSA) is 57.9 Å². The van der Waals surface area contributed by atoms with Gasteiger partial charge in [0.15, 0.2) is 12.2 Å². The molecule has 5 nitrogen and oxygen atoms in total. The molecule has 0 fully saturated rings. The lowest BCUT2D eigenvalue weighted by molar-refractivity contribution is 0.0512. The summed E-state index contributed by atoms with van der Waals surface area (Å²) in [6.45, 7) is 0.786. The van der Waals surface area contributed by atoms with E-state index in [9.17, 15) is 4.79 Å². The summed E-state index contributed by atoms with van der Waals surface area (Å²) in [6.07, 6.45) is 2.41. The predicted octanol–water partition coefficient (Wildman–Crippen LogP) is 4.61. The Labute approximate surface area is 159 Å². The molecule has 0 radical (unpaired) electrons. The van der Waals surface area contributed by atoms with Crippen LogP contribution in [0.15, 0.2) is 57.9 Å². The van der Waals surface area contributed by atoms with Gasteiger partial charge in [0.1, 0.15) is 23.3 Å². The number of fused-ring (bicyclic) bond motifs is 1. The molecule has 0 saturated carbocycles. The van der Waals surface area contributed by atoms with Crippen LogP contribution in [0.5, 0.6) is 11.5 Å². The van der Waals surface area contributed by atoms with Gasteiger partial charge < -0.3 is 18.6 Å². The van der Waals surface area contributed by atoms with Crippen LogP contribution in [0.1, 0.15) is 6.42 Å². The number of hydrogen-bond acceptors (Lipinski definition) is 5. The Balaban J connectivity index is 1.86. The summed E-state index contributed by atoms with van der Waals surface area (Å²) >= 11 is 3.37. The third kappa shape index (κ3) is 4.26. The van der Waals surface area contributed by atoms with Gasteiger partial charge in [-0.1, -0.05) is 28.1 Å². The lowest BCUT2D eigenvalue weighted by Gasteiger charge is -2.08. The molecule has 136 valence electrons.